The minimum atomic E-state index is -0.474. The van der Waals surface area contributed by atoms with E-state index in [-0.39, 0.29) is 17.6 Å². The summed E-state index contributed by atoms with van der Waals surface area (Å²) in [5.41, 5.74) is 1.69. The van der Waals surface area contributed by atoms with Crippen molar-refractivity contribution in [3.05, 3.63) is 73.5 Å². The number of carbonyl (C=O) groups is 1. The molecule has 1 saturated carbocycles. The van der Waals surface area contributed by atoms with Crippen molar-refractivity contribution in [1.82, 2.24) is 19.9 Å². The number of halogens is 1. The van der Waals surface area contributed by atoms with Gasteiger partial charge in [0.15, 0.2) is 0 Å². The van der Waals surface area contributed by atoms with E-state index in [0.717, 1.165) is 49.3 Å². The monoisotopic (exact) mass is 623 g/mol. The molecule has 2 aliphatic heterocycles. The van der Waals surface area contributed by atoms with Crippen LogP contribution in [0.1, 0.15) is 32.1 Å². The maximum absolute atomic E-state index is 15.4. The predicted molar refractivity (Wildman–Crippen MR) is 177 cm³/mol. The number of rotatable bonds is 9. The Morgan fingerprint density at radius 2 is 1.76 bits per heavy atom. The van der Waals surface area contributed by atoms with Crippen LogP contribution in [0.2, 0.25) is 0 Å². The molecular weight excluding hydrogens is 585 g/mol. The summed E-state index contributed by atoms with van der Waals surface area (Å²) in [6, 6.07) is 12.4. The molecular formula is C35H38FN7O3. The maximum Gasteiger partial charge on any atom is 0.245 e. The van der Waals surface area contributed by atoms with Crippen LogP contribution in [0.5, 0.6) is 17.2 Å². The highest BCUT2D eigenvalue weighted by molar-refractivity contribution is 5.95. The van der Waals surface area contributed by atoms with Gasteiger partial charge in [0.1, 0.15) is 41.0 Å². The topological polar surface area (TPSA) is 105 Å². The second-order valence-electron chi connectivity index (χ2n) is 12.3. The number of amides is 1. The number of carbonyl (C=O) groups excluding carboxylic acids is 1. The first-order chi connectivity index (χ1) is 22.5. The molecule has 238 valence electrons. The Balaban J connectivity index is 1.06. The number of fused-ring (bicyclic) bond motifs is 2. The molecule has 2 aromatic carbocycles. The largest absolute Gasteiger partial charge is 0.495 e. The van der Waals surface area contributed by atoms with E-state index in [4.69, 9.17) is 9.47 Å². The second kappa shape index (κ2) is 12.8. The molecule has 4 heterocycles. The van der Waals surface area contributed by atoms with Gasteiger partial charge in [-0.15, -0.1) is 0 Å². The fourth-order valence-corrected chi connectivity index (χ4v) is 7.04. The number of hydrogen-bond donors (Lipinski definition) is 2. The minimum absolute atomic E-state index is 0.0489. The van der Waals surface area contributed by atoms with Crippen LogP contribution in [-0.2, 0) is 4.79 Å². The van der Waals surface area contributed by atoms with Crippen molar-refractivity contribution in [2.45, 2.75) is 38.1 Å². The van der Waals surface area contributed by atoms with Crippen molar-refractivity contribution in [1.29, 1.82) is 0 Å². The first-order valence-corrected chi connectivity index (χ1v) is 15.9. The predicted octanol–water partition coefficient (Wildman–Crippen LogP) is 6.53. The zero-order valence-electron chi connectivity index (χ0n) is 25.9. The average molecular weight is 624 g/mol. The first kappa shape index (κ1) is 29.8. The Labute approximate surface area is 267 Å². The van der Waals surface area contributed by atoms with E-state index < -0.39 is 5.82 Å². The number of ether oxygens (including phenoxy) is 2. The number of aromatic nitrogens is 3. The first-order valence-electron chi connectivity index (χ1n) is 15.9. The quantitative estimate of drug-likeness (QED) is 0.201. The number of likely N-dealkylation sites (tertiary alicyclic amines) is 1. The second-order valence-corrected chi connectivity index (χ2v) is 12.3. The molecule has 2 unspecified atom stereocenters. The molecule has 0 bridgehead atoms. The SMILES string of the molecule is C=CC(=O)N1CCC(Nc2cc3c(Nc4ccc(Oc5ccnc(N6CC7CCCC7C6)c5)cc4F)ncnc3cc2OC)CC1. The summed E-state index contributed by atoms with van der Waals surface area (Å²) < 4.78 is 27.2. The maximum atomic E-state index is 15.4. The highest BCUT2D eigenvalue weighted by Gasteiger charge is 2.36. The van der Waals surface area contributed by atoms with Crippen molar-refractivity contribution < 1.29 is 18.7 Å². The molecule has 1 amide bonds. The van der Waals surface area contributed by atoms with Crippen LogP contribution in [0.4, 0.5) is 27.4 Å². The van der Waals surface area contributed by atoms with E-state index in [1.165, 1.54) is 37.7 Å². The molecule has 4 aromatic rings. The van der Waals surface area contributed by atoms with Crippen LogP contribution < -0.4 is 25.0 Å². The lowest BCUT2D eigenvalue weighted by atomic mass is 10.0. The molecule has 2 aromatic heterocycles. The Morgan fingerprint density at radius 1 is 0.978 bits per heavy atom. The summed E-state index contributed by atoms with van der Waals surface area (Å²) in [5.74, 6) is 4.02. The van der Waals surface area contributed by atoms with Gasteiger partial charge in [0.2, 0.25) is 5.91 Å². The molecule has 3 aliphatic rings. The molecule has 10 nitrogen and oxygen atoms in total. The van der Waals surface area contributed by atoms with Gasteiger partial charge in [-0.25, -0.2) is 19.3 Å². The lowest BCUT2D eigenvalue weighted by Gasteiger charge is -2.32. The lowest BCUT2D eigenvalue weighted by molar-refractivity contribution is -0.126. The van der Waals surface area contributed by atoms with Gasteiger partial charge in [0.05, 0.1) is 24.0 Å². The van der Waals surface area contributed by atoms with Crippen LogP contribution in [-0.4, -0.2) is 65.1 Å². The van der Waals surface area contributed by atoms with E-state index in [9.17, 15) is 4.79 Å². The van der Waals surface area contributed by atoms with Crippen molar-refractivity contribution in [2.75, 3.05) is 48.8 Å². The molecule has 2 N–H and O–H groups in total. The number of hydrogen-bond acceptors (Lipinski definition) is 9. The molecule has 2 saturated heterocycles. The van der Waals surface area contributed by atoms with E-state index in [2.05, 4.69) is 37.1 Å². The van der Waals surface area contributed by atoms with Gasteiger partial charge >= 0.3 is 0 Å². The number of nitrogens with one attached hydrogen (secondary N) is 2. The summed E-state index contributed by atoms with van der Waals surface area (Å²) in [6.07, 6.45) is 10.0. The van der Waals surface area contributed by atoms with Crippen LogP contribution >= 0.6 is 0 Å². The number of methoxy groups -OCH3 is 1. The van der Waals surface area contributed by atoms with E-state index in [1.807, 2.05) is 18.2 Å². The summed E-state index contributed by atoms with van der Waals surface area (Å²) in [7, 11) is 1.61. The number of piperidine rings is 1. The highest BCUT2D eigenvalue weighted by atomic mass is 19.1. The molecule has 1 aliphatic carbocycles. The van der Waals surface area contributed by atoms with Crippen molar-refractivity contribution in [3.8, 4) is 17.2 Å². The van der Waals surface area contributed by atoms with E-state index >= 15 is 4.39 Å². The van der Waals surface area contributed by atoms with Gasteiger partial charge < -0.3 is 29.9 Å². The zero-order valence-corrected chi connectivity index (χ0v) is 25.9. The molecule has 7 rings (SSSR count). The Morgan fingerprint density at radius 3 is 2.50 bits per heavy atom. The Kier molecular flexibility index (Phi) is 8.30. The van der Waals surface area contributed by atoms with Gasteiger partial charge in [0.25, 0.3) is 0 Å². The third kappa shape index (κ3) is 6.14. The summed E-state index contributed by atoms with van der Waals surface area (Å²) >= 11 is 0. The third-order valence-electron chi connectivity index (χ3n) is 9.49. The normalized spacial score (nSPS) is 19.6. The number of benzene rings is 2. The van der Waals surface area contributed by atoms with Crippen molar-refractivity contribution in [2.24, 2.45) is 11.8 Å². The molecule has 0 spiro atoms. The lowest BCUT2D eigenvalue weighted by Crippen LogP contribution is -2.41. The van der Waals surface area contributed by atoms with E-state index in [0.29, 0.717) is 47.1 Å². The average Bonchev–Trinajstić information content (AvgIpc) is 3.69. The molecule has 11 heteroatoms. The van der Waals surface area contributed by atoms with Crippen molar-refractivity contribution in [3.63, 3.8) is 0 Å². The Bertz CT molecular complexity index is 1750. The zero-order chi connectivity index (χ0) is 31.6. The minimum Gasteiger partial charge on any atom is -0.495 e. The molecule has 2 atom stereocenters. The van der Waals surface area contributed by atoms with E-state index in [1.54, 1.807) is 36.4 Å². The van der Waals surface area contributed by atoms with Gasteiger partial charge in [0, 0.05) is 62.0 Å². The number of anilines is 4. The molecule has 46 heavy (non-hydrogen) atoms. The summed E-state index contributed by atoms with van der Waals surface area (Å²) in [6.45, 7) is 6.96. The van der Waals surface area contributed by atoms with Crippen LogP contribution in [0.3, 0.4) is 0 Å². The van der Waals surface area contributed by atoms with Crippen LogP contribution in [0.25, 0.3) is 10.9 Å². The van der Waals surface area contributed by atoms with Crippen molar-refractivity contribution >= 4 is 39.8 Å². The smallest absolute Gasteiger partial charge is 0.245 e. The van der Waals surface area contributed by atoms with Gasteiger partial charge in [-0.2, -0.15) is 0 Å². The standard InChI is InChI=1S/C35H38FN7O3/c1-3-34(44)42-13-10-24(11-14-42)40-31-17-27-30(18-32(31)45-2)38-21-39-35(27)41-29-8-7-25(15-28(29)36)46-26-9-12-37-33(16-26)43-19-22-5-4-6-23(22)20-43/h3,7-9,12,15-18,21-24,40H,1,4-6,10-11,13-14,19-20H2,2H3,(H,38,39,41). The fraction of sp³-hybridized carbons (Fsp3) is 0.371. The molecule has 0 radical (unpaired) electrons. The third-order valence-corrected chi connectivity index (χ3v) is 9.49. The van der Waals surface area contributed by atoms with Crippen LogP contribution in [0.15, 0.2) is 67.6 Å². The fourth-order valence-electron chi connectivity index (χ4n) is 7.04. The highest BCUT2D eigenvalue weighted by Crippen LogP contribution is 2.40. The summed E-state index contributed by atoms with van der Waals surface area (Å²) in [5, 5.41) is 7.42. The van der Waals surface area contributed by atoms with Crippen LogP contribution in [0, 0.1) is 17.7 Å². The van der Waals surface area contributed by atoms with Gasteiger partial charge in [-0.05, 0) is 67.9 Å². The number of nitrogens with zero attached hydrogens (tertiary/aromatic N) is 5. The van der Waals surface area contributed by atoms with Gasteiger partial charge in [-0.3, -0.25) is 4.79 Å². The number of pyridine rings is 1. The van der Waals surface area contributed by atoms with Gasteiger partial charge in [-0.1, -0.05) is 13.0 Å². The molecule has 3 fully saturated rings. The summed E-state index contributed by atoms with van der Waals surface area (Å²) in [4.78, 5) is 29.6. The Hall–Kier alpha value is -4.93.